The summed E-state index contributed by atoms with van der Waals surface area (Å²) >= 11 is 3.45. The van der Waals surface area contributed by atoms with Crippen molar-refractivity contribution in [1.29, 1.82) is 0 Å². The molecule has 7 rings (SSSR count). The number of methoxy groups -OCH3 is 3. The zero-order valence-corrected chi connectivity index (χ0v) is 27.4. The molecule has 3 aliphatic heterocycles. The SMILES string of the molecule is COc1cc([C@@H]2c3cc4c(cc3[C@H](N3CCN(C(=O)/C=C/c5ccc(Br)cc5)CC3)[C@H]3COC(=O)[C@H]23)OCO4)cc(OC)c1OC. The van der Waals surface area contributed by atoms with E-state index < -0.39 is 5.92 Å². The first-order valence-electron chi connectivity index (χ1n) is 15.3. The third-order valence-electron chi connectivity index (χ3n) is 9.50. The third kappa shape index (κ3) is 5.35. The summed E-state index contributed by atoms with van der Waals surface area (Å²) in [7, 11) is 4.73. The summed E-state index contributed by atoms with van der Waals surface area (Å²) in [5.74, 6) is 1.67. The van der Waals surface area contributed by atoms with Crippen molar-refractivity contribution >= 4 is 33.9 Å². The van der Waals surface area contributed by atoms with Gasteiger partial charge in [0.2, 0.25) is 18.4 Å². The van der Waals surface area contributed by atoms with Crippen LogP contribution >= 0.6 is 15.9 Å². The van der Waals surface area contributed by atoms with Gasteiger partial charge in [-0.05, 0) is 64.7 Å². The summed E-state index contributed by atoms with van der Waals surface area (Å²) in [5, 5.41) is 0. The number of ether oxygens (including phenoxy) is 6. The van der Waals surface area contributed by atoms with Gasteiger partial charge in [-0.3, -0.25) is 14.5 Å². The molecule has 3 heterocycles. The number of carbonyl (C=O) groups excluding carboxylic acids is 2. The highest BCUT2D eigenvalue weighted by Gasteiger charge is 2.54. The van der Waals surface area contributed by atoms with Crippen LogP contribution in [0.5, 0.6) is 28.7 Å². The first kappa shape index (κ1) is 30.4. The number of hydrogen-bond acceptors (Lipinski definition) is 9. The molecule has 3 aromatic rings. The lowest BCUT2D eigenvalue weighted by atomic mass is 9.64. The van der Waals surface area contributed by atoms with E-state index in [1.54, 1.807) is 27.4 Å². The van der Waals surface area contributed by atoms with Gasteiger partial charge in [0.15, 0.2) is 23.0 Å². The number of nitrogens with zero attached hydrogens (tertiary/aromatic N) is 2. The van der Waals surface area contributed by atoms with Crippen LogP contribution in [0, 0.1) is 11.8 Å². The molecule has 2 saturated heterocycles. The second kappa shape index (κ2) is 12.5. The minimum Gasteiger partial charge on any atom is -0.493 e. The molecule has 0 spiro atoms. The summed E-state index contributed by atoms with van der Waals surface area (Å²) < 4.78 is 35.4. The van der Waals surface area contributed by atoms with Crippen molar-refractivity contribution in [2.45, 2.75) is 12.0 Å². The number of cyclic esters (lactones) is 1. The zero-order valence-electron chi connectivity index (χ0n) is 25.9. The van der Waals surface area contributed by atoms with Crippen molar-refractivity contribution in [3.8, 4) is 28.7 Å². The number of carbonyl (C=O) groups is 2. The number of rotatable bonds is 7. The predicted octanol–water partition coefficient (Wildman–Crippen LogP) is 5.04. The highest BCUT2D eigenvalue weighted by molar-refractivity contribution is 9.10. The van der Waals surface area contributed by atoms with E-state index in [9.17, 15) is 9.59 Å². The standard InChI is InChI=1S/C35H35BrN2O8/c1-41-28-14-21(15-29(42-2)34(28)43-3)31-23-16-26-27(46-19-45-26)17-24(23)33(25-18-44-35(40)32(25)31)38-12-10-37(11-13-38)30(39)9-6-20-4-7-22(36)8-5-20/h4-9,14-17,25,31-33H,10-13,18-19H2,1-3H3/b9-6+/t25-,31+,32-,33-/m0/s1. The lowest BCUT2D eigenvalue weighted by Crippen LogP contribution is -2.52. The van der Waals surface area contributed by atoms with Crippen LogP contribution in [0.15, 0.2) is 59.1 Å². The average Bonchev–Trinajstić information content (AvgIpc) is 3.71. The Kier molecular flexibility index (Phi) is 8.29. The van der Waals surface area contributed by atoms with Gasteiger partial charge in [-0.1, -0.05) is 28.1 Å². The molecule has 0 saturated carbocycles. The topological polar surface area (TPSA) is 96.0 Å². The Bertz CT molecular complexity index is 1660. The van der Waals surface area contributed by atoms with Crippen LogP contribution in [0.1, 0.15) is 34.2 Å². The lowest BCUT2D eigenvalue weighted by molar-refractivity contribution is -0.141. The summed E-state index contributed by atoms with van der Waals surface area (Å²) in [6.45, 7) is 2.90. The molecular formula is C35H35BrN2O8. The summed E-state index contributed by atoms with van der Waals surface area (Å²) in [6, 6.07) is 15.6. The molecule has 3 aromatic carbocycles. The van der Waals surface area contributed by atoms with Gasteiger partial charge in [-0.15, -0.1) is 0 Å². The minimum atomic E-state index is -0.450. The molecule has 240 valence electrons. The molecule has 1 amide bonds. The van der Waals surface area contributed by atoms with Gasteiger partial charge >= 0.3 is 5.97 Å². The van der Waals surface area contributed by atoms with E-state index in [0.29, 0.717) is 61.5 Å². The smallest absolute Gasteiger partial charge is 0.310 e. The maximum Gasteiger partial charge on any atom is 0.310 e. The lowest BCUT2D eigenvalue weighted by Gasteiger charge is -2.46. The van der Waals surface area contributed by atoms with E-state index in [0.717, 1.165) is 26.7 Å². The number of piperazine rings is 1. The van der Waals surface area contributed by atoms with Gasteiger partial charge in [0.25, 0.3) is 0 Å². The third-order valence-corrected chi connectivity index (χ3v) is 10.0. The largest absolute Gasteiger partial charge is 0.493 e. The van der Waals surface area contributed by atoms with Crippen LogP contribution in [0.3, 0.4) is 0 Å². The highest BCUT2D eigenvalue weighted by Crippen LogP contribution is 2.57. The molecule has 2 fully saturated rings. The van der Waals surface area contributed by atoms with Crippen LogP contribution in [0.25, 0.3) is 6.08 Å². The quantitative estimate of drug-likeness (QED) is 0.250. The van der Waals surface area contributed by atoms with Crippen LogP contribution in [-0.4, -0.2) is 82.6 Å². The van der Waals surface area contributed by atoms with Gasteiger partial charge in [0.1, 0.15) is 0 Å². The van der Waals surface area contributed by atoms with Gasteiger partial charge in [0.05, 0.1) is 33.9 Å². The second-order valence-corrected chi connectivity index (χ2v) is 12.7. The van der Waals surface area contributed by atoms with Crippen LogP contribution in [-0.2, 0) is 14.3 Å². The number of fused-ring (bicyclic) bond motifs is 3. The monoisotopic (exact) mass is 690 g/mol. The van der Waals surface area contributed by atoms with Gasteiger partial charge in [-0.2, -0.15) is 0 Å². The molecule has 0 unspecified atom stereocenters. The molecule has 0 bridgehead atoms. The number of benzene rings is 3. The maximum atomic E-state index is 13.6. The fourth-order valence-electron chi connectivity index (χ4n) is 7.35. The molecule has 0 N–H and O–H groups in total. The molecule has 4 atom stereocenters. The van der Waals surface area contributed by atoms with Crippen molar-refractivity contribution < 1.29 is 38.0 Å². The average molecular weight is 692 g/mol. The number of hydrogen-bond donors (Lipinski definition) is 0. The van der Waals surface area contributed by atoms with Gasteiger partial charge in [-0.25, -0.2) is 0 Å². The van der Waals surface area contributed by atoms with E-state index in [1.165, 1.54) is 0 Å². The second-order valence-electron chi connectivity index (χ2n) is 11.8. The Hall–Kier alpha value is -4.22. The van der Waals surface area contributed by atoms with Crippen molar-refractivity contribution in [2.75, 3.05) is 60.9 Å². The summed E-state index contributed by atoms with van der Waals surface area (Å²) in [5.41, 5.74) is 3.86. The van der Waals surface area contributed by atoms with Crippen LogP contribution < -0.4 is 23.7 Å². The minimum absolute atomic E-state index is 0.0188. The Labute approximate surface area is 275 Å². The molecule has 0 radical (unpaired) electrons. The Morgan fingerprint density at radius 3 is 2.15 bits per heavy atom. The Balaban J connectivity index is 1.22. The van der Waals surface area contributed by atoms with Crippen LogP contribution in [0.2, 0.25) is 0 Å². The Morgan fingerprint density at radius 1 is 0.870 bits per heavy atom. The van der Waals surface area contributed by atoms with E-state index in [-0.39, 0.29) is 36.5 Å². The zero-order chi connectivity index (χ0) is 31.9. The summed E-state index contributed by atoms with van der Waals surface area (Å²) in [4.78, 5) is 31.0. The van der Waals surface area contributed by atoms with E-state index >= 15 is 0 Å². The first-order valence-corrected chi connectivity index (χ1v) is 16.1. The number of halogens is 1. The highest BCUT2D eigenvalue weighted by atomic mass is 79.9. The van der Waals surface area contributed by atoms with E-state index in [4.69, 9.17) is 28.4 Å². The predicted molar refractivity (Wildman–Crippen MR) is 173 cm³/mol. The molecule has 10 nitrogen and oxygen atoms in total. The van der Waals surface area contributed by atoms with Gasteiger partial charge < -0.3 is 33.3 Å². The van der Waals surface area contributed by atoms with E-state index in [1.807, 2.05) is 53.4 Å². The van der Waals surface area contributed by atoms with Crippen LogP contribution in [0.4, 0.5) is 0 Å². The molecule has 1 aliphatic carbocycles. The van der Waals surface area contributed by atoms with E-state index in [2.05, 4.69) is 26.9 Å². The fourth-order valence-corrected chi connectivity index (χ4v) is 7.61. The fraction of sp³-hybridized carbons (Fsp3) is 0.371. The van der Waals surface area contributed by atoms with Crippen molar-refractivity contribution in [3.05, 3.63) is 81.3 Å². The normalized spacial score (nSPS) is 23.6. The summed E-state index contributed by atoms with van der Waals surface area (Å²) in [6.07, 6.45) is 3.48. The molecule has 0 aromatic heterocycles. The molecular weight excluding hydrogens is 656 g/mol. The number of amides is 1. The molecule has 4 aliphatic rings. The molecule has 11 heteroatoms. The van der Waals surface area contributed by atoms with Crippen molar-refractivity contribution in [3.63, 3.8) is 0 Å². The van der Waals surface area contributed by atoms with Crippen molar-refractivity contribution in [1.82, 2.24) is 9.80 Å². The maximum absolute atomic E-state index is 13.6. The number of esters is 1. The van der Waals surface area contributed by atoms with Crippen molar-refractivity contribution in [2.24, 2.45) is 11.8 Å². The first-order chi connectivity index (χ1) is 22.4. The van der Waals surface area contributed by atoms with Gasteiger partial charge in [0, 0.05) is 54.6 Å². The molecule has 46 heavy (non-hydrogen) atoms. The Morgan fingerprint density at radius 2 is 1.52 bits per heavy atom.